The van der Waals surface area contributed by atoms with Gasteiger partial charge in [0.2, 0.25) is 0 Å². The van der Waals surface area contributed by atoms with Gasteiger partial charge in [-0.15, -0.1) is 0 Å². The van der Waals surface area contributed by atoms with Crippen molar-refractivity contribution in [1.82, 2.24) is 10.2 Å². The third-order valence-corrected chi connectivity index (χ3v) is 3.21. The Labute approximate surface area is 90.6 Å². The standard InChI is InChI=1S/C13H15N2/c1-2-5-11(6-3-1)12-7-8-14-13(12)15-9-4-10-15/h1-3,5-7,13H,4,8-10H2. The highest BCUT2D eigenvalue weighted by Crippen LogP contribution is 2.27. The zero-order valence-electron chi connectivity index (χ0n) is 8.76. The van der Waals surface area contributed by atoms with E-state index in [2.05, 4.69) is 46.6 Å². The second-order valence-electron chi connectivity index (χ2n) is 4.15. The molecule has 0 saturated carbocycles. The van der Waals surface area contributed by atoms with Gasteiger partial charge in [-0.05, 0) is 17.6 Å². The monoisotopic (exact) mass is 199 g/mol. The molecule has 2 heteroatoms. The molecule has 1 radical (unpaired) electrons. The molecular weight excluding hydrogens is 184 g/mol. The lowest BCUT2D eigenvalue weighted by Gasteiger charge is -2.37. The molecule has 0 aliphatic carbocycles. The maximum atomic E-state index is 4.65. The van der Waals surface area contributed by atoms with Crippen LogP contribution < -0.4 is 5.32 Å². The molecule has 0 amide bonds. The molecule has 0 spiro atoms. The Morgan fingerprint density at radius 1 is 1.13 bits per heavy atom. The third kappa shape index (κ3) is 1.60. The van der Waals surface area contributed by atoms with Crippen LogP contribution in [-0.2, 0) is 0 Å². The van der Waals surface area contributed by atoms with Gasteiger partial charge in [0.1, 0.15) is 6.17 Å². The van der Waals surface area contributed by atoms with Gasteiger partial charge in [0, 0.05) is 19.6 Å². The van der Waals surface area contributed by atoms with Gasteiger partial charge in [0.15, 0.2) is 0 Å². The molecule has 1 aromatic carbocycles. The van der Waals surface area contributed by atoms with Gasteiger partial charge in [-0.1, -0.05) is 36.4 Å². The Kier molecular flexibility index (Phi) is 2.31. The number of nitrogens with zero attached hydrogens (tertiary/aromatic N) is 2. The first-order valence-corrected chi connectivity index (χ1v) is 5.61. The third-order valence-electron chi connectivity index (χ3n) is 3.21. The minimum atomic E-state index is 0.334. The molecule has 0 N–H and O–H groups in total. The highest BCUT2D eigenvalue weighted by Gasteiger charge is 2.30. The van der Waals surface area contributed by atoms with E-state index >= 15 is 0 Å². The molecule has 1 saturated heterocycles. The Morgan fingerprint density at radius 3 is 2.60 bits per heavy atom. The Bertz CT molecular complexity index is 365. The van der Waals surface area contributed by atoms with Gasteiger partial charge in [-0.3, -0.25) is 4.90 Å². The first kappa shape index (κ1) is 9.13. The average molecular weight is 199 g/mol. The SMILES string of the molecule is C1=C(c2ccccc2)C(N2CCC2)[N]C1. The van der Waals surface area contributed by atoms with Crippen LogP contribution in [0.3, 0.4) is 0 Å². The lowest BCUT2D eigenvalue weighted by Crippen LogP contribution is -2.48. The largest absolute Gasteiger partial charge is 0.283 e. The van der Waals surface area contributed by atoms with Crippen LogP contribution in [0.25, 0.3) is 5.57 Å². The lowest BCUT2D eigenvalue weighted by molar-refractivity contribution is 0.133. The van der Waals surface area contributed by atoms with Crippen LogP contribution in [-0.4, -0.2) is 30.7 Å². The topological polar surface area (TPSA) is 17.3 Å². The molecular formula is C13H15N2. The summed E-state index contributed by atoms with van der Waals surface area (Å²) in [6, 6.07) is 10.6. The van der Waals surface area contributed by atoms with E-state index in [1.54, 1.807) is 0 Å². The molecule has 1 atom stereocenters. The van der Waals surface area contributed by atoms with Crippen molar-refractivity contribution >= 4 is 5.57 Å². The van der Waals surface area contributed by atoms with Crippen molar-refractivity contribution in [3.8, 4) is 0 Å². The Balaban J connectivity index is 1.85. The molecule has 2 aliphatic heterocycles. The first-order valence-electron chi connectivity index (χ1n) is 5.61. The zero-order chi connectivity index (χ0) is 10.1. The predicted molar refractivity (Wildman–Crippen MR) is 61.4 cm³/mol. The fourth-order valence-electron chi connectivity index (χ4n) is 2.25. The van der Waals surface area contributed by atoms with Crippen LogP contribution >= 0.6 is 0 Å². The fourth-order valence-corrected chi connectivity index (χ4v) is 2.25. The van der Waals surface area contributed by atoms with Gasteiger partial charge in [0.05, 0.1) is 0 Å². The van der Waals surface area contributed by atoms with Crippen molar-refractivity contribution < 1.29 is 0 Å². The molecule has 77 valence electrons. The Morgan fingerprint density at radius 2 is 1.93 bits per heavy atom. The molecule has 3 rings (SSSR count). The van der Waals surface area contributed by atoms with E-state index in [0.29, 0.717) is 6.17 Å². The molecule has 2 nitrogen and oxygen atoms in total. The lowest BCUT2D eigenvalue weighted by atomic mass is 10.0. The van der Waals surface area contributed by atoms with E-state index in [-0.39, 0.29) is 0 Å². The van der Waals surface area contributed by atoms with E-state index < -0.39 is 0 Å². The summed E-state index contributed by atoms with van der Waals surface area (Å²) in [5, 5.41) is 4.65. The molecule has 15 heavy (non-hydrogen) atoms. The summed E-state index contributed by atoms with van der Waals surface area (Å²) in [5.41, 5.74) is 2.73. The van der Waals surface area contributed by atoms with Crippen molar-refractivity contribution in [2.24, 2.45) is 0 Å². The maximum Gasteiger partial charge on any atom is 0.103 e. The van der Waals surface area contributed by atoms with E-state index in [9.17, 15) is 0 Å². The average Bonchev–Trinajstić information content (AvgIpc) is 2.65. The molecule has 0 bridgehead atoms. The fraction of sp³-hybridized carbons (Fsp3) is 0.385. The van der Waals surface area contributed by atoms with Gasteiger partial charge in [0.25, 0.3) is 0 Å². The van der Waals surface area contributed by atoms with Crippen LogP contribution in [0.5, 0.6) is 0 Å². The predicted octanol–water partition coefficient (Wildman–Crippen LogP) is 1.72. The van der Waals surface area contributed by atoms with Crippen molar-refractivity contribution in [1.29, 1.82) is 0 Å². The first-order chi connectivity index (χ1) is 7.45. The van der Waals surface area contributed by atoms with E-state index in [0.717, 1.165) is 6.54 Å². The summed E-state index contributed by atoms with van der Waals surface area (Å²) in [4.78, 5) is 2.45. The van der Waals surface area contributed by atoms with Crippen LogP contribution in [0.15, 0.2) is 36.4 Å². The summed E-state index contributed by atoms with van der Waals surface area (Å²) < 4.78 is 0. The smallest absolute Gasteiger partial charge is 0.103 e. The number of benzene rings is 1. The summed E-state index contributed by atoms with van der Waals surface area (Å²) in [5.74, 6) is 0. The maximum absolute atomic E-state index is 4.65. The second-order valence-corrected chi connectivity index (χ2v) is 4.15. The molecule has 2 aliphatic rings. The van der Waals surface area contributed by atoms with Crippen LogP contribution in [0, 0.1) is 0 Å². The summed E-state index contributed by atoms with van der Waals surface area (Å²) in [6.45, 7) is 3.29. The van der Waals surface area contributed by atoms with E-state index in [1.165, 1.54) is 30.6 Å². The van der Waals surface area contributed by atoms with Crippen molar-refractivity contribution in [3.05, 3.63) is 42.0 Å². The zero-order valence-corrected chi connectivity index (χ0v) is 8.76. The number of hydrogen-bond donors (Lipinski definition) is 0. The second kappa shape index (κ2) is 3.80. The van der Waals surface area contributed by atoms with Crippen molar-refractivity contribution in [3.63, 3.8) is 0 Å². The minimum Gasteiger partial charge on any atom is -0.283 e. The molecule has 0 aromatic heterocycles. The van der Waals surface area contributed by atoms with E-state index in [1.807, 2.05) is 0 Å². The highest BCUT2D eigenvalue weighted by molar-refractivity contribution is 5.71. The number of hydrogen-bond acceptors (Lipinski definition) is 1. The van der Waals surface area contributed by atoms with Gasteiger partial charge in [-0.25, -0.2) is 5.32 Å². The quantitative estimate of drug-likeness (QED) is 0.709. The number of likely N-dealkylation sites (tertiary alicyclic amines) is 1. The Hall–Kier alpha value is -1.12. The van der Waals surface area contributed by atoms with Crippen LogP contribution in [0.4, 0.5) is 0 Å². The van der Waals surface area contributed by atoms with Crippen LogP contribution in [0.2, 0.25) is 0 Å². The number of rotatable bonds is 2. The summed E-state index contributed by atoms with van der Waals surface area (Å²) >= 11 is 0. The van der Waals surface area contributed by atoms with Crippen molar-refractivity contribution in [2.45, 2.75) is 12.6 Å². The molecule has 1 aromatic rings. The van der Waals surface area contributed by atoms with Gasteiger partial charge < -0.3 is 0 Å². The summed E-state index contributed by atoms with van der Waals surface area (Å²) in [7, 11) is 0. The normalized spacial score (nSPS) is 26.1. The highest BCUT2D eigenvalue weighted by atomic mass is 15.3. The molecule has 2 heterocycles. The van der Waals surface area contributed by atoms with Gasteiger partial charge in [-0.2, -0.15) is 0 Å². The van der Waals surface area contributed by atoms with Crippen LogP contribution in [0.1, 0.15) is 12.0 Å². The molecule has 1 fully saturated rings. The summed E-state index contributed by atoms with van der Waals surface area (Å²) in [6.07, 6.45) is 3.92. The van der Waals surface area contributed by atoms with Crippen molar-refractivity contribution in [2.75, 3.05) is 19.6 Å². The van der Waals surface area contributed by atoms with Gasteiger partial charge >= 0.3 is 0 Å². The van der Waals surface area contributed by atoms with E-state index in [4.69, 9.17) is 0 Å². The minimum absolute atomic E-state index is 0.334. The molecule has 1 unspecified atom stereocenters.